The summed E-state index contributed by atoms with van der Waals surface area (Å²) in [5.41, 5.74) is 1.20. The molecule has 0 atom stereocenters. The Morgan fingerprint density at radius 2 is 1.50 bits per heavy atom. The number of nitrogens with zero attached hydrogens (tertiary/aromatic N) is 1. The third-order valence-electron chi connectivity index (χ3n) is 3.75. The van der Waals surface area contributed by atoms with E-state index in [1.807, 2.05) is 0 Å². The van der Waals surface area contributed by atoms with Gasteiger partial charge in [0.2, 0.25) is 5.69 Å². The van der Waals surface area contributed by atoms with Crippen LogP contribution in [0.25, 0.3) is 0 Å². The van der Waals surface area contributed by atoms with E-state index in [4.69, 9.17) is 0 Å². The van der Waals surface area contributed by atoms with Gasteiger partial charge in [-0.25, -0.2) is 13.2 Å². The topological polar surface area (TPSA) is 43.1 Å². The number of aryl methyl sites for hydroxylation is 2. The molecule has 1 aliphatic rings. The maximum absolute atomic E-state index is 13.3. The third-order valence-corrected chi connectivity index (χ3v) is 3.75. The first-order valence-corrected chi connectivity index (χ1v) is 6.46. The minimum Gasteiger partial charge on any atom is -0.618 e. The molecule has 1 aliphatic heterocycles. The molecule has 0 N–H and O–H groups in total. The average molecular weight is 305 g/mol. The summed E-state index contributed by atoms with van der Waals surface area (Å²) >= 11 is 0. The molecule has 0 radical (unpaired) electrons. The molecule has 3 nitrogen and oxygen atoms in total. The van der Waals surface area contributed by atoms with Gasteiger partial charge in [0.1, 0.15) is 5.56 Å². The highest BCUT2D eigenvalue weighted by molar-refractivity contribution is 6.52. The minimum absolute atomic E-state index is 0.119. The van der Waals surface area contributed by atoms with Gasteiger partial charge in [0.15, 0.2) is 17.5 Å². The summed E-state index contributed by atoms with van der Waals surface area (Å²) in [6.45, 7) is 3.57. The fourth-order valence-corrected chi connectivity index (χ4v) is 2.43. The van der Waals surface area contributed by atoms with Gasteiger partial charge in [0, 0.05) is 6.07 Å². The number of hydrogen-bond acceptors (Lipinski definition) is 2. The summed E-state index contributed by atoms with van der Waals surface area (Å²) in [5.74, 6) is -5.19. The molecule has 0 spiro atoms. The van der Waals surface area contributed by atoms with Gasteiger partial charge in [0.05, 0.1) is 5.56 Å². The maximum Gasteiger partial charge on any atom is 0.273 e. The van der Waals surface area contributed by atoms with Gasteiger partial charge in [0.25, 0.3) is 11.5 Å². The molecule has 2 aromatic carbocycles. The van der Waals surface area contributed by atoms with Crippen molar-refractivity contribution in [2.45, 2.75) is 13.8 Å². The Bertz CT molecular complexity index is 849. The Labute approximate surface area is 123 Å². The first-order valence-electron chi connectivity index (χ1n) is 6.46. The second-order valence-corrected chi connectivity index (χ2v) is 5.18. The second-order valence-electron chi connectivity index (χ2n) is 5.18. The highest BCUT2D eigenvalue weighted by Crippen LogP contribution is 2.31. The van der Waals surface area contributed by atoms with E-state index >= 15 is 0 Å². The third kappa shape index (κ3) is 1.91. The van der Waals surface area contributed by atoms with Crippen molar-refractivity contribution in [1.29, 1.82) is 0 Å². The van der Waals surface area contributed by atoms with Crippen molar-refractivity contribution in [3.63, 3.8) is 0 Å². The monoisotopic (exact) mass is 305 g/mol. The lowest BCUT2D eigenvalue weighted by molar-refractivity contribution is -0.355. The minimum atomic E-state index is -1.64. The summed E-state index contributed by atoms with van der Waals surface area (Å²) in [6.07, 6.45) is 0. The van der Waals surface area contributed by atoms with Crippen molar-refractivity contribution < 1.29 is 22.7 Å². The van der Waals surface area contributed by atoms with Gasteiger partial charge in [-0.2, -0.15) is 4.74 Å². The van der Waals surface area contributed by atoms with Gasteiger partial charge in [-0.3, -0.25) is 4.79 Å². The van der Waals surface area contributed by atoms with E-state index in [1.165, 1.54) is 0 Å². The molecule has 0 amide bonds. The molecule has 22 heavy (non-hydrogen) atoms. The van der Waals surface area contributed by atoms with E-state index in [1.54, 1.807) is 26.0 Å². The van der Waals surface area contributed by atoms with Crippen molar-refractivity contribution in [1.82, 2.24) is 0 Å². The number of benzene rings is 2. The van der Waals surface area contributed by atoms with Crippen LogP contribution in [0, 0.1) is 36.5 Å². The highest BCUT2D eigenvalue weighted by Gasteiger charge is 2.37. The van der Waals surface area contributed by atoms with E-state index in [9.17, 15) is 23.2 Å². The molecular weight excluding hydrogens is 295 g/mol. The van der Waals surface area contributed by atoms with Crippen molar-refractivity contribution in [3.05, 3.63) is 69.2 Å². The molecule has 1 heterocycles. The Hall–Kier alpha value is -2.63. The van der Waals surface area contributed by atoms with Crippen LogP contribution in [0.15, 0.2) is 24.3 Å². The summed E-state index contributed by atoms with van der Waals surface area (Å²) < 4.78 is 40.0. The number of rotatable bonds is 1. The summed E-state index contributed by atoms with van der Waals surface area (Å²) in [4.78, 5) is 12.4. The van der Waals surface area contributed by atoms with Crippen LogP contribution in [0.1, 0.15) is 27.0 Å². The van der Waals surface area contributed by atoms with E-state index in [-0.39, 0.29) is 16.8 Å². The lowest BCUT2D eigenvalue weighted by Gasteiger charge is -2.04. The van der Waals surface area contributed by atoms with Crippen molar-refractivity contribution >= 4 is 17.2 Å². The van der Waals surface area contributed by atoms with Gasteiger partial charge < -0.3 is 5.21 Å². The number of carbonyl (C=O) groups excluding carboxylic acids is 1. The number of fused-ring (bicyclic) bond motifs is 1. The second kappa shape index (κ2) is 4.69. The van der Waals surface area contributed by atoms with Crippen LogP contribution in [0.2, 0.25) is 0 Å². The first-order chi connectivity index (χ1) is 10.3. The maximum atomic E-state index is 13.3. The van der Waals surface area contributed by atoms with Gasteiger partial charge in [-0.15, -0.1) is 0 Å². The molecule has 112 valence electrons. The molecule has 0 bridgehead atoms. The van der Waals surface area contributed by atoms with Crippen LogP contribution in [0.3, 0.4) is 0 Å². The largest absolute Gasteiger partial charge is 0.618 e. The quantitative estimate of drug-likeness (QED) is 0.459. The predicted octanol–water partition coefficient (Wildman–Crippen LogP) is 3.55. The molecule has 3 rings (SSSR count). The predicted molar refractivity (Wildman–Crippen MR) is 74.0 cm³/mol. The summed E-state index contributed by atoms with van der Waals surface area (Å²) in [5, 5.41) is 12.3. The van der Waals surface area contributed by atoms with Crippen LogP contribution in [0.5, 0.6) is 0 Å². The zero-order valence-electron chi connectivity index (χ0n) is 11.7. The first kappa shape index (κ1) is 14.3. The Kier molecular flexibility index (Phi) is 3.05. The Morgan fingerprint density at radius 3 is 2.09 bits per heavy atom. The van der Waals surface area contributed by atoms with Crippen molar-refractivity contribution in [2.75, 3.05) is 0 Å². The van der Waals surface area contributed by atoms with E-state index in [2.05, 4.69) is 0 Å². The van der Waals surface area contributed by atoms with E-state index < -0.39 is 28.9 Å². The van der Waals surface area contributed by atoms with E-state index in [0.717, 1.165) is 11.1 Å². The molecule has 0 saturated carbocycles. The average Bonchev–Trinajstić information content (AvgIpc) is 2.68. The Morgan fingerprint density at radius 1 is 0.955 bits per heavy atom. The number of Topliss-reactive ketones (excluding diaryl/α,β-unsaturated/α-hetero) is 1. The number of ketones is 1. The smallest absolute Gasteiger partial charge is 0.273 e. The van der Waals surface area contributed by atoms with Crippen molar-refractivity contribution in [3.8, 4) is 0 Å². The molecule has 0 unspecified atom stereocenters. The molecule has 0 aliphatic carbocycles. The van der Waals surface area contributed by atoms with Crippen LogP contribution < -0.4 is 0 Å². The van der Waals surface area contributed by atoms with Crippen LogP contribution in [-0.4, -0.2) is 16.2 Å². The fraction of sp³-hybridized carbons (Fsp3) is 0.125. The molecular formula is C16H10F3NO2. The Balaban J connectivity index is 2.23. The standard InChI is InChI=1S/C16H10F3NO2/c1-7-3-10-13(4-8(7)2)20(22)15(16(10)21)9-5-11(17)14(19)12(18)6-9/h3-6H,1-2H3. The number of carbonyl (C=O) groups is 1. The van der Waals surface area contributed by atoms with Gasteiger partial charge in [-0.1, -0.05) is 0 Å². The van der Waals surface area contributed by atoms with Crippen LogP contribution >= 0.6 is 0 Å². The fourth-order valence-electron chi connectivity index (χ4n) is 2.43. The highest BCUT2D eigenvalue weighted by atomic mass is 19.2. The van der Waals surface area contributed by atoms with Gasteiger partial charge >= 0.3 is 0 Å². The molecule has 2 aromatic rings. The molecule has 0 fully saturated rings. The summed E-state index contributed by atoms with van der Waals surface area (Å²) in [6, 6.07) is 4.38. The SMILES string of the molecule is Cc1cc2c(cc1C)[N+]([O-])=C(c1cc(F)c(F)c(F)c1)C2=O. The molecule has 0 aromatic heterocycles. The zero-order chi connectivity index (χ0) is 16.2. The number of hydrogen-bond donors (Lipinski definition) is 0. The molecule has 0 saturated heterocycles. The van der Waals surface area contributed by atoms with Gasteiger partial charge in [-0.05, 0) is 43.2 Å². The lowest BCUT2D eigenvalue weighted by Crippen LogP contribution is -2.17. The zero-order valence-corrected chi connectivity index (χ0v) is 11.7. The molecule has 6 heteroatoms. The van der Waals surface area contributed by atoms with Crippen molar-refractivity contribution in [2.24, 2.45) is 0 Å². The summed E-state index contributed by atoms with van der Waals surface area (Å²) in [7, 11) is 0. The van der Waals surface area contributed by atoms with Crippen LogP contribution in [0.4, 0.5) is 18.9 Å². The van der Waals surface area contributed by atoms with E-state index in [0.29, 0.717) is 16.9 Å². The lowest BCUT2D eigenvalue weighted by atomic mass is 9.99. The normalized spacial score (nSPS) is 13.8. The number of halogens is 3. The van der Waals surface area contributed by atoms with Crippen LogP contribution in [-0.2, 0) is 0 Å².